The summed E-state index contributed by atoms with van der Waals surface area (Å²) in [5, 5.41) is 11.9. The second-order valence-electron chi connectivity index (χ2n) is 5.10. The molecule has 8 heteroatoms. The van der Waals surface area contributed by atoms with Crippen molar-refractivity contribution in [3.05, 3.63) is 58.1 Å². The fourth-order valence-corrected chi connectivity index (χ4v) is 2.37. The Hall–Kier alpha value is -2.75. The molecule has 0 saturated carbocycles. The van der Waals surface area contributed by atoms with Gasteiger partial charge in [0, 0.05) is 10.7 Å². The molecule has 0 heterocycles. The molecule has 0 spiro atoms. The Labute approximate surface area is 160 Å². The molecule has 0 radical (unpaired) electrons. The number of hydrogen-bond donors (Lipinski definition) is 1. The third-order valence-corrected chi connectivity index (χ3v) is 3.66. The Morgan fingerprint density at radius 3 is 2.46 bits per heavy atom. The second-order valence-corrected chi connectivity index (χ2v) is 5.95. The number of amides is 1. The minimum Gasteiger partial charge on any atom is -0.480 e. The molecular weight excluding hydrogens is 379 g/mol. The number of halogens is 2. The molecule has 0 saturated heterocycles. The molecular formula is C18H14Cl2N2O4. The molecule has 2 rings (SSSR count). The van der Waals surface area contributed by atoms with E-state index < -0.39 is 25.1 Å². The van der Waals surface area contributed by atoms with E-state index in [1.807, 2.05) is 6.07 Å². The van der Waals surface area contributed by atoms with Crippen LogP contribution in [0, 0.1) is 11.3 Å². The lowest BCUT2D eigenvalue weighted by Crippen LogP contribution is -2.23. The number of anilines is 1. The van der Waals surface area contributed by atoms with Gasteiger partial charge < -0.3 is 14.8 Å². The second kappa shape index (κ2) is 9.66. The largest absolute Gasteiger partial charge is 0.480 e. The first-order chi connectivity index (χ1) is 12.5. The van der Waals surface area contributed by atoms with Crippen LogP contribution in [0.15, 0.2) is 42.5 Å². The van der Waals surface area contributed by atoms with Crippen LogP contribution in [0.2, 0.25) is 10.0 Å². The van der Waals surface area contributed by atoms with Gasteiger partial charge in [0.2, 0.25) is 0 Å². The van der Waals surface area contributed by atoms with Crippen molar-refractivity contribution in [3.8, 4) is 11.8 Å². The number of hydrogen-bond acceptors (Lipinski definition) is 5. The molecule has 2 aromatic carbocycles. The molecule has 1 N–H and O–H groups in total. The standard InChI is InChI=1S/C18H14Cl2N2O4/c19-13-3-6-16(15(20)9-13)25-11-18(24)26-10-17(23)22-14-4-1-12(2-5-14)7-8-21/h1-6,9H,7,10-11H2,(H,22,23). The summed E-state index contributed by atoms with van der Waals surface area (Å²) in [5.74, 6) is -0.915. The summed E-state index contributed by atoms with van der Waals surface area (Å²) >= 11 is 11.7. The van der Waals surface area contributed by atoms with Crippen LogP contribution in [0.25, 0.3) is 0 Å². The van der Waals surface area contributed by atoms with Gasteiger partial charge in [0.15, 0.2) is 13.2 Å². The number of nitriles is 1. The molecule has 2 aromatic rings. The zero-order chi connectivity index (χ0) is 18.9. The topological polar surface area (TPSA) is 88.4 Å². The van der Waals surface area contributed by atoms with Crippen LogP contribution in [-0.2, 0) is 20.7 Å². The number of esters is 1. The van der Waals surface area contributed by atoms with Crippen molar-refractivity contribution in [1.29, 1.82) is 5.26 Å². The average molecular weight is 393 g/mol. The van der Waals surface area contributed by atoms with Crippen molar-refractivity contribution < 1.29 is 19.1 Å². The summed E-state index contributed by atoms with van der Waals surface area (Å²) in [7, 11) is 0. The summed E-state index contributed by atoms with van der Waals surface area (Å²) in [5.41, 5.74) is 1.38. The van der Waals surface area contributed by atoms with Gasteiger partial charge in [0.05, 0.1) is 17.5 Å². The third-order valence-electron chi connectivity index (χ3n) is 3.12. The van der Waals surface area contributed by atoms with E-state index in [9.17, 15) is 9.59 Å². The summed E-state index contributed by atoms with van der Waals surface area (Å²) in [6, 6.07) is 13.4. The minimum atomic E-state index is -0.712. The van der Waals surface area contributed by atoms with Crippen molar-refractivity contribution in [1.82, 2.24) is 0 Å². The number of nitrogens with zero attached hydrogens (tertiary/aromatic N) is 1. The fourth-order valence-electron chi connectivity index (χ4n) is 1.91. The maximum Gasteiger partial charge on any atom is 0.344 e. The van der Waals surface area contributed by atoms with Crippen LogP contribution < -0.4 is 10.1 Å². The molecule has 0 aromatic heterocycles. The van der Waals surface area contributed by atoms with Gasteiger partial charge in [-0.15, -0.1) is 0 Å². The van der Waals surface area contributed by atoms with Crippen molar-refractivity contribution in [3.63, 3.8) is 0 Å². The lowest BCUT2D eigenvalue weighted by atomic mass is 10.1. The van der Waals surface area contributed by atoms with Gasteiger partial charge in [-0.2, -0.15) is 5.26 Å². The predicted molar refractivity (Wildman–Crippen MR) is 97.3 cm³/mol. The van der Waals surface area contributed by atoms with E-state index in [2.05, 4.69) is 5.32 Å². The fraction of sp³-hybridized carbons (Fsp3) is 0.167. The number of benzene rings is 2. The van der Waals surface area contributed by atoms with E-state index in [1.165, 1.54) is 12.1 Å². The van der Waals surface area contributed by atoms with E-state index >= 15 is 0 Å². The van der Waals surface area contributed by atoms with Gasteiger partial charge in [-0.25, -0.2) is 4.79 Å². The van der Waals surface area contributed by atoms with Crippen LogP contribution in [0.3, 0.4) is 0 Å². The Bertz CT molecular complexity index is 832. The summed E-state index contributed by atoms with van der Waals surface area (Å²) < 4.78 is 10.1. The first-order valence-corrected chi connectivity index (χ1v) is 8.22. The number of carbonyl (C=O) groups is 2. The maximum atomic E-state index is 11.8. The van der Waals surface area contributed by atoms with E-state index in [1.54, 1.807) is 30.3 Å². The molecule has 134 valence electrons. The molecule has 0 unspecified atom stereocenters. The van der Waals surface area contributed by atoms with Crippen molar-refractivity contribution in [2.45, 2.75) is 6.42 Å². The Balaban J connectivity index is 1.74. The number of rotatable bonds is 7. The summed E-state index contributed by atoms with van der Waals surface area (Å²) in [6.45, 7) is -0.839. The molecule has 0 bridgehead atoms. The summed E-state index contributed by atoms with van der Waals surface area (Å²) in [6.07, 6.45) is 0.295. The van der Waals surface area contributed by atoms with Crippen molar-refractivity contribution in [2.24, 2.45) is 0 Å². The van der Waals surface area contributed by atoms with Crippen molar-refractivity contribution >= 4 is 40.8 Å². The minimum absolute atomic E-state index is 0.267. The van der Waals surface area contributed by atoms with Gasteiger partial charge >= 0.3 is 5.97 Å². The van der Waals surface area contributed by atoms with E-state index in [0.717, 1.165) is 5.56 Å². The Morgan fingerprint density at radius 1 is 1.08 bits per heavy atom. The smallest absolute Gasteiger partial charge is 0.344 e. The summed E-state index contributed by atoms with van der Waals surface area (Å²) in [4.78, 5) is 23.4. The quantitative estimate of drug-likeness (QED) is 0.726. The predicted octanol–water partition coefficient (Wildman–Crippen LogP) is 3.62. The highest BCUT2D eigenvalue weighted by atomic mass is 35.5. The molecule has 0 fully saturated rings. The first kappa shape index (κ1) is 19.6. The lowest BCUT2D eigenvalue weighted by Gasteiger charge is -2.09. The zero-order valence-corrected chi connectivity index (χ0v) is 15.0. The molecule has 0 aliphatic rings. The SMILES string of the molecule is N#CCc1ccc(NC(=O)COC(=O)COc2ccc(Cl)cc2Cl)cc1. The van der Waals surface area contributed by atoms with Gasteiger partial charge in [0.1, 0.15) is 5.75 Å². The highest BCUT2D eigenvalue weighted by Gasteiger charge is 2.10. The third kappa shape index (κ3) is 6.28. The average Bonchev–Trinajstić information content (AvgIpc) is 2.61. The van der Waals surface area contributed by atoms with Gasteiger partial charge in [-0.05, 0) is 35.9 Å². The van der Waals surface area contributed by atoms with Gasteiger partial charge in [0.25, 0.3) is 5.91 Å². The molecule has 1 amide bonds. The first-order valence-electron chi connectivity index (χ1n) is 7.47. The number of nitrogens with one attached hydrogen (secondary N) is 1. The normalized spacial score (nSPS) is 9.88. The number of carbonyl (C=O) groups excluding carboxylic acids is 2. The maximum absolute atomic E-state index is 11.8. The Kier molecular flexibility index (Phi) is 7.27. The molecule has 0 aliphatic heterocycles. The van der Waals surface area contributed by atoms with E-state index in [4.69, 9.17) is 37.9 Å². The molecule has 26 heavy (non-hydrogen) atoms. The van der Waals surface area contributed by atoms with Crippen LogP contribution >= 0.6 is 23.2 Å². The number of ether oxygens (including phenoxy) is 2. The van der Waals surface area contributed by atoms with Gasteiger partial charge in [-0.3, -0.25) is 4.79 Å². The molecule has 6 nitrogen and oxygen atoms in total. The lowest BCUT2D eigenvalue weighted by molar-refractivity contribution is -0.149. The van der Waals surface area contributed by atoms with Crippen LogP contribution in [-0.4, -0.2) is 25.1 Å². The van der Waals surface area contributed by atoms with Crippen LogP contribution in [0.5, 0.6) is 5.75 Å². The van der Waals surface area contributed by atoms with Crippen LogP contribution in [0.4, 0.5) is 5.69 Å². The molecule has 0 atom stereocenters. The van der Waals surface area contributed by atoms with E-state index in [0.29, 0.717) is 17.1 Å². The highest BCUT2D eigenvalue weighted by Crippen LogP contribution is 2.27. The van der Waals surface area contributed by atoms with E-state index in [-0.39, 0.29) is 10.8 Å². The monoisotopic (exact) mass is 392 g/mol. The zero-order valence-electron chi connectivity index (χ0n) is 13.5. The Morgan fingerprint density at radius 2 is 1.81 bits per heavy atom. The van der Waals surface area contributed by atoms with Crippen molar-refractivity contribution in [2.75, 3.05) is 18.5 Å². The molecule has 0 aliphatic carbocycles. The highest BCUT2D eigenvalue weighted by molar-refractivity contribution is 6.35. The van der Waals surface area contributed by atoms with Gasteiger partial charge in [-0.1, -0.05) is 35.3 Å². The van der Waals surface area contributed by atoms with Crippen LogP contribution in [0.1, 0.15) is 5.56 Å².